The predicted octanol–water partition coefficient (Wildman–Crippen LogP) is -0.356. The van der Waals surface area contributed by atoms with Gasteiger partial charge in [0.05, 0.1) is 0 Å². The molecule has 0 aromatic heterocycles. The molecule has 0 fully saturated rings. The van der Waals surface area contributed by atoms with Gasteiger partial charge in [-0.25, -0.2) is 15.6 Å². The predicted molar refractivity (Wildman–Crippen MR) is 59.1 cm³/mol. The summed E-state index contributed by atoms with van der Waals surface area (Å²) in [5, 5.41) is 10.8. The molecule has 4 N–H and O–H groups in total. The van der Waals surface area contributed by atoms with Crippen LogP contribution in [-0.4, -0.2) is 49.5 Å². The van der Waals surface area contributed by atoms with Crippen LogP contribution in [0.4, 0.5) is 0 Å². The van der Waals surface area contributed by atoms with Crippen molar-refractivity contribution in [1.29, 1.82) is 5.41 Å². The fourth-order valence-electron chi connectivity index (χ4n) is 0.953. The lowest BCUT2D eigenvalue weighted by molar-refractivity contribution is 0.0562. The van der Waals surface area contributed by atoms with E-state index in [1.54, 1.807) is 17.2 Å². The van der Waals surface area contributed by atoms with Gasteiger partial charge in [0.15, 0.2) is 11.7 Å². The summed E-state index contributed by atoms with van der Waals surface area (Å²) in [7, 11) is 5.33. The Labute approximate surface area is 85.2 Å². The van der Waals surface area contributed by atoms with Crippen molar-refractivity contribution in [2.45, 2.75) is 13.3 Å². The summed E-state index contributed by atoms with van der Waals surface area (Å²) in [6.45, 7) is 2.88. The minimum atomic E-state index is -0.0511. The van der Waals surface area contributed by atoms with Crippen molar-refractivity contribution in [3.05, 3.63) is 0 Å². The molecule has 14 heavy (non-hydrogen) atoms. The first-order chi connectivity index (χ1) is 6.54. The van der Waals surface area contributed by atoms with Crippen LogP contribution in [0, 0.1) is 5.41 Å². The molecule has 6 nitrogen and oxygen atoms in total. The average Bonchev–Trinajstić information content (AvgIpc) is 2.10. The van der Waals surface area contributed by atoms with E-state index in [2.05, 4.69) is 17.3 Å². The topological polar surface area (TPSA) is 80.7 Å². The highest BCUT2D eigenvalue weighted by Gasteiger charge is 2.14. The Morgan fingerprint density at radius 3 is 2.36 bits per heavy atom. The van der Waals surface area contributed by atoms with E-state index in [4.69, 9.17) is 11.1 Å². The molecule has 0 aliphatic heterocycles. The van der Waals surface area contributed by atoms with E-state index >= 15 is 0 Å². The minimum absolute atomic E-state index is 0.0511. The number of nitrogens with two attached hydrogens (primary N) is 1. The van der Waals surface area contributed by atoms with Gasteiger partial charge in [0.25, 0.3) is 0 Å². The monoisotopic (exact) mass is 200 g/mol. The van der Waals surface area contributed by atoms with E-state index < -0.39 is 0 Å². The summed E-state index contributed by atoms with van der Waals surface area (Å²) < 4.78 is 0. The Morgan fingerprint density at radius 2 is 2.07 bits per heavy atom. The number of amidine groups is 2. The van der Waals surface area contributed by atoms with Crippen LogP contribution in [-0.2, 0) is 0 Å². The third-order valence-corrected chi connectivity index (χ3v) is 1.56. The first kappa shape index (κ1) is 12.9. The van der Waals surface area contributed by atoms with E-state index in [1.807, 2.05) is 14.1 Å². The van der Waals surface area contributed by atoms with Gasteiger partial charge in [-0.3, -0.25) is 10.4 Å². The fraction of sp³-hybridized carbons (Fsp3) is 0.750. The summed E-state index contributed by atoms with van der Waals surface area (Å²) in [4.78, 5) is 3.95. The Morgan fingerprint density at radius 1 is 1.50 bits per heavy atom. The van der Waals surface area contributed by atoms with Gasteiger partial charge in [-0.2, -0.15) is 0 Å². The molecule has 0 aromatic carbocycles. The molecule has 0 radical (unpaired) electrons. The number of hydrazine groups is 2. The van der Waals surface area contributed by atoms with Gasteiger partial charge in [-0.1, -0.05) is 6.92 Å². The number of rotatable bonds is 4. The summed E-state index contributed by atoms with van der Waals surface area (Å²) >= 11 is 0. The van der Waals surface area contributed by atoms with Crippen LogP contribution in [0.3, 0.4) is 0 Å². The van der Waals surface area contributed by atoms with Gasteiger partial charge in [-0.15, -0.1) is 0 Å². The highest BCUT2D eigenvalue weighted by atomic mass is 15.8. The van der Waals surface area contributed by atoms with E-state index in [1.165, 1.54) is 0 Å². The van der Waals surface area contributed by atoms with Crippen molar-refractivity contribution in [1.82, 2.24) is 15.6 Å². The smallest absolute Gasteiger partial charge is 0.196 e. The second kappa shape index (κ2) is 6.33. The molecule has 0 saturated carbocycles. The summed E-state index contributed by atoms with van der Waals surface area (Å²) in [5.41, 5.74) is 8.51. The molecule has 0 aromatic rings. The van der Waals surface area contributed by atoms with Gasteiger partial charge in [0.1, 0.15) is 0 Å². The molecule has 0 saturated heterocycles. The number of aliphatic imine (C=N–C) groups is 1. The SMILES string of the molecule is CCCNN(/C(=N\C)C(=N)N)N(C)C. The largest absolute Gasteiger partial charge is 0.381 e. The maximum Gasteiger partial charge on any atom is 0.196 e. The summed E-state index contributed by atoms with van der Waals surface area (Å²) in [5.74, 6) is 0.369. The maximum absolute atomic E-state index is 7.35. The van der Waals surface area contributed by atoms with E-state index in [0.29, 0.717) is 5.84 Å². The van der Waals surface area contributed by atoms with Crippen LogP contribution in [0.15, 0.2) is 4.99 Å². The first-order valence-corrected chi connectivity index (χ1v) is 4.56. The molecule has 0 unspecified atom stereocenters. The zero-order chi connectivity index (χ0) is 11.1. The van der Waals surface area contributed by atoms with Crippen LogP contribution in [0.1, 0.15) is 13.3 Å². The lowest BCUT2D eigenvalue weighted by Gasteiger charge is -2.31. The highest BCUT2D eigenvalue weighted by molar-refractivity contribution is 6.38. The Bertz CT molecular complexity index is 210. The molecular weight excluding hydrogens is 180 g/mol. The van der Waals surface area contributed by atoms with Crippen molar-refractivity contribution in [2.75, 3.05) is 27.7 Å². The van der Waals surface area contributed by atoms with Crippen molar-refractivity contribution in [3.8, 4) is 0 Å². The van der Waals surface area contributed by atoms with Crippen LogP contribution in [0.25, 0.3) is 0 Å². The lowest BCUT2D eigenvalue weighted by Crippen LogP contribution is -2.55. The van der Waals surface area contributed by atoms with Gasteiger partial charge < -0.3 is 5.73 Å². The molecule has 0 rings (SSSR count). The maximum atomic E-state index is 7.35. The van der Waals surface area contributed by atoms with Gasteiger partial charge in [0.2, 0.25) is 0 Å². The lowest BCUT2D eigenvalue weighted by atomic mass is 10.5. The number of hydrogen-bond acceptors (Lipinski definition) is 4. The number of nitrogens with zero attached hydrogens (tertiary/aromatic N) is 3. The number of nitrogens with one attached hydrogen (secondary N) is 2. The molecule has 0 aliphatic rings. The van der Waals surface area contributed by atoms with Crippen molar-refractivity contribution < 1.29 is 0 Å². The zero-order valence-electron chi connectivity index (χ0n) is 9.33. The molecule has 0 heterocycles. The van der Waals surface area contributed by atoms with Crippen LogP contribution >= 0.6 is 0 Å². The normalized spacial score (nSPS) is 11.9. The second-order valence-corrected chi connectivity index (χ2v) is 3.03. The minimum Gasteiger partial charge on any atom is -0.381 e. The van der Waals surface area contributed by atoms with E-state index in [9.17, 15) is 0 Å². The molecule has 0 amide bonds. The van der Waals surface area contributed by atoms with E-state index in [0.717, 1.165) is 13.0 Å². The van der Waals surface area contributed by atoms with Crippen LogP contribution < -0.4 is 11.2 Å². The van der Waals surface area contributed by atoms with Crippen LogP contribution in [0.5, 0.6) is 0 Å². The Balaban J connectivity index is 4.54. The molecule has 82 valence electrons. The van der Waals surface area contributed by atoms with Gasteiger partial charge in [-0.05, 0) is 6.42 Å². The molecule has 6 heteroatoms. The Hall–Kier alpha value is -1.14. The molecular formula is C8H20N6. The summed E-state index contributed by atoms with van der Waals surface area (Å²) in [6, 6.07) is 0. The molecule has 0 atom stereocenters. The standard InChI is InChI=1S/C8H20N6/c1-5-6-12-14(13(3)4)8(11-2)7(9)10/h12H,5-6H2,1-4H3,(H3,9,10)/b11-8-. The fourth-order valence-corrected chi connectivity index (χ4v) is 0.953. The van der Waals surface area contributed by atoms with Crippen molar-refractivity contribution >= 4 is 11.7 Å². The third-order valence-electron chi connectivity index (χ3n) is 1.56. The third kappa shape index (κ3) is 3.71. The molecule has 0 aliphatic carbocycles. The zero-order valence-corrected chi connectivity index (χ0v) is 9.33. The highest BCUT2D eigenvalue weighted by Crippen LogP contribution is 1.91. The number of hydrogen-bond donors (Lipinski definition) is 3. The first-order valence-electron chi connectivity index (χ1n) is 4.56. The quantitative estimate of drug-likeness (QED) is 0.329. The van der Waals surface area contributed by atoms with Crippen LogP contribution in [0.2, 0.25) is 0 Å². The average molecular weight is 200 g/mol. The van der Waals surface area contributed by atoms with Crippen molar-refractivity contribution in [3.63, 3.8) is 0 Å². The summed E-state index contributed by atoms with van der Waals surface area (Å²) in [6.07, 6.45) is 0.999. The molecule has 0 bridgehead atoms. The van der Waals surface area contributed by atoms with Gasteiger partial charge >= 0.3 is 0 Å². The Kier molecular flexibility index (Phi) is 5.82. The van der Waals surface area contributed by atoms with Crippen molar-refractivity contribution in [2.24, 2.45) is 10.7 Å². The van der Waals surface area contributed by atoms with E-state index in [-0.39, 0.29) is 5.84 Å². The van der Waals surface area contributed by atoms with Gasteiger partial charge in [0, 0.05) is 27.7 Å². The second-order valence-electron chi connectivity index (χ2n) is 3.03. The molecule has 0 spiro atoms.